The van der Waals surface area contributed by atoms with Gasteiger partial charge in [-0.3, -0.25) is 4.98 Å². The molecule has 0 amide bonds. The highest BCUT2D eigenvalue weighted by Gasteiger charge is 2.42. The van der Waals surface area contributed by atoms with Crippen LogP contribution in [0.5, 0.6) is 0 Å². The number of pyridine rings is 1. The van der Waals surface area contributed by atoms with Gasteiger partial charge in [0.2, 0.25) is 0 Å². The van der Waals surface area contributed by atoms with E-state index in [0.717, 1.165) is 43.5 Å². The molecule has 104 valence electrons. The topological polar surface area (TPSA) is 42.4 Å². The van der Waals surface area contributed by atoms with Crippen LogP contribution in [0.4, 0.5) is 0 Å². The summed E-state index contributed by atoms with van der Waals surface area (Å²) in [6, 6.07) is 3.95. The van der Waals surface area contributed by atoms with Crippen molar-refractivity contribution >= 4 is 0 Å². The molecule has 1 N–H and O–H groups in total. The van der Waals surface area contributed by atoms with Crippen LogP contribution in [0.2, 0.25) is 0 Å². The highest BCUT2D eigenvalue weighted by molar-refractivity contribution is 5.20. The normalized spacial score (nSPS) is 27.6. The first-order chi connectivity index (χ1) is 9.20. The van der Waals surface area contributed by atoms with Crippen molar-refractivity contribution in [1.29, 1.82) is 0 Å². The van der Waals surface area contributed by atoms with Crippen molar-refractivity contribution in [2.45, 2.75) is 57.2 Å². The van der Waals surface area contributed by atoms with Crippen molar-refractivity contribution in [3.8, 4) is 0 Å². The monoisotopic (exact) mass is 261 g/mol. The van der Waals surface area contributed by atoms with Crippen molar-refractivity contribution in [1.82, 2.24) is 4.98 Å². The minimum absolute atomic E-state index is 0.0621. The predicted octanol–water partition coefficient (Wildman–Crippen LogP) is 3.16. The van der Waals surface area contributed by atoms with E-state index >= 15 is 0 Å². The maximum atomic E-state index is 10.7. The number of aliphatic hydroxyl groups is 1. The van der Waals surface area contributed by atoms with Crippen LogP contribution in [0.3, 0.4) is 0 Å². The van der Waals surface area contributed by atoms with Gasteiger partial charge in [0.05, 0.1) is 17.4 Å². The maximum absolute atomic E-state index is 10.7. The molecule has 2 fully saturated rings. The number of hydrogen-bond acceptors (Lipinski definition) is 3. The second-order valence-electron chi connectivity index (χ2n) is 6.14. The van der Waals surface area contributed by atoms with Crippen molar-refractivity contribution < 1.29 is 9.84 Å². The summed E-state index contributed by atoms with van der Waals surface area (Å²) in [6.45, 7) is 2.81. The number of rotatable bonds is 2. The largest absolute Gasteiger partial charge is 0.387 e. The van der Waals surface area contributed by atoms with Gasteiger partial charge in [-0.25, -0.2) is 0 Å². The molecular weight excluding hydrogens is 238 g/mol. The second kappa shape index (κ2) is 5.22. The van der Waals surface area contributed by atoms with E-state index in [9.17, 15) is 5.11 Å². The standard InChI is InChI=1S/C16H23NO2/c1-12-5-4-9-17-14(12)15(18)13-6-10-19-16(11-13)7-2-3-8-16/h4-5,9,13,15,18H,2-3,6-8,10-11H2,1H3. The molecule has 0 aromatic carbocycles. The van der Waals surface area contributed by atoms with E-state index in [4.69, 9.17) is 4.74 Å². The molecule has 0 radical (unpaired) electrons. The van der Waals surface area contributed by atoms with Gasteiger partial charge in [-0.05, 0) is 50.2 Å². The molecule has 1 aromatic heterocycles. The van der Waals surface area contributed by atoms with Crippen LogP contribution in [-0.4, -0.2) is 22.3 Å². The Morgan fingerprint density at radius 1 is 1.42 bits per heavy atom. The zero-order chi connectivity index (χ0) is 13.3. The van der Waals surface area contributed by atoms with Gasteiger partial charge in [0.25, 0.3) is 0 Å². The number of aliphatic hydroxyl groups excluding tert-OH is 1. The summed E-state index contributed by atoms with van der Waals surface area (Å²) >= 11 is 0. The third-order valence-corrected chi connectivity index (χ3v) is 4.82. The Hall–Kier alpha value is -0.930. The first-order valence-electron chi connectivity index (χ1n) is 7.44. The molecule has 1 aromatic rings. The first-order valence-corrected chi connectivity index (χ1v) is 7.44. The van der Waals surface area contributed by atoms with Crippen molar-refractivity contribution in [3.05, 3.63) is 29.6 Å². The smallest absolute Gasteiger partial charge is 0.0992 e. The number of nitrogens with zero attached hydrogens (tertiary/aromatic N) is 1. The summed E-state index contributed by atoms with van der Waals surface area (Å²) in [5, 5.41) is 10.7. The molecule has 1 saturated heterocycles. The maximum Gasteiger partial charge on any atom is 0.0992 e. The quantitative estimate of drug-likeness (QED) is 0.889. The van der Waals surface area contributed by atoms with Crippen LogP contribution in [0.15, 0.2) is 18.3 Å². The lowest BCUT2D eigenvalue weighted by atomic mass is 9.80. The lowest BCUT2D eigenvalue weighted by molar-refractivity contribution is -0.113. The van der Waals surface area contributed by atoms with E-state index in [1.807, 2.05) is 19.1 Å². The fourth-order valence-electron chi connectivity index (χ4n) is 3.73. The van der Waals surface area contributed by atoms with E-state index in [0.29, 0.717) is 5.92 Å². The van der Waals surface area contributed by atoms with Crippen LogP contribution >= 0.6 is 0 Å². The highest BCUT2D eigenvalue weighted by atomic mass is 16.5. The molecule has 1 aliphatic heterocycles. The van der Waals surface area contributed by atoms with Crippen LogP contribution in [0.1, 0.15) is 55.9 Å². The van der Waals surface area contributed by atoms with Gasteiger partial charge >= 0.3 is 0 Å². The van der Waals surface area contributed by atoms with Gasteiger partial charge in [-0.15, -0.1) is 0 Å². The van der Waals surface area contributed by atoms with Gasteiger partial charge in [-0.1, -0.05) is 18.9 Å². The highest BCUT2D eigenvalue weighted by Crippen LogP contribution is 2.45. The molecule has 2 atom stereocenters. The average molecular weight is 261 g/mol. The van der Waals surface area contributed by atoms with E-state index in [1.54, 1.807) is 6.20 Å². The molecule has 1 spiro atoms. The summed E-state index contributed by atoms with van der Waals surface area (Å²) in [5.74, 6) is 0.292. The van der Waals surface area contributed by atoms with Gasteiger partial charge in [-0.2, -0.15) is 0 Å². The molecule has 3 rings (SSSR count). The Morgan fingerprint density at radius 2 is 2.21 bits per heavy atom. The molecule has 2 aliphatic rings. The van der Waals surface area contributed by atoms with Gasteiger partial charge in [0, 0.05) is 12.8 Å². The van der Waals surface area contributed by atoms with Crippen molar-refractivity contribution in [2.75, 3.05) is 6.61 Å². The number of aryl methyl sites for hydroxylation is 1. The second-order valence-corrected chi connectivity index (χ2v) is 6.14. The van der Waals surface area contributed by atoms with Crippen LogP contribution < -0.4 is 0 Å². The Bertz CT molecular complexity index is 440. The minimum Gasteiger partial charge on any atom is -0.387 e. The summed E-state index contributed by atoms with van der Waals surface area (Å²) in [7, 11) is 0. The van der Waals surface area contributed by atoms with E-state index in [2.05, 4.69) is 4.98 Å². The zero-order valence-corrected chi connectivity index (χ0v) is 11.6. The summed E-state index contributed by atoms with van der Waals surface area (Å²) in [4.78, 5) is 4.38. The molecular formula is C16H23NO2. The minimum atomic E-state index is -0.442. The predicted molar refractivity (Wildman–Crippen MR) is 73.8 cm³/mol. The molecule has 19 heavy (non-hydrogen) atoms. The molecule has 3 nitrogen and oxygen atoms in total. The Balaban J connectivity index is 1.76. The Labute approximate surface area is 115 Å². The van der Waals surface area contributed by atoms with E-state index < -0.39 is 6.10 Å². The van der Waals surface area contributed by atoms with Gasteiger partial charge < -0.3 is 9.84 Å². The van der Waals surface area contributed by atoms with Gasteiger partial charge in [0.1, 0.15) is 0 Å². The van der Waals surface area contributed by atoms with E-state index in [-0.39, 0.29) is 5.60 Å². The third kappa shape index (κ3) is 2.54. The Kier molecular flexibility index (Phi) is 3.59. The number of aromatic nitrogens is 1. The number of ether oxygens (including phenoxy) is 1. The first kappa shape index (κ1) is 13.1. The van der Waals surface area contributed by atoms with Gasteiger partial charge in [0.15, 0.2) is 0 Å². The molecule has 2 heterocycles. The number of hydrogen-bond donors (Lipinski definition) is 1. The molecule has 0 bridgehead atoms. The molecule has 1 aliphatic carbocycles. The summed E-state index contributed by atoms with van der Waals surface area (Å²) < 4.78 is 6.04. The summed E-state index contributed by atoms with van der Waals surface area (Å²) in [5.41, 5.74) is 2.00. The van der Waals surface area contributed by atoms with Crippen molar-refractivity contribution in [2.24, 2.45) is 5.92 Å². The lowest BCUT2D eigenvalue weighted by Gasteiger charge is -2.40. The Morgan fingerprint density at radius 3 is 2.95 bits per heavy atom. The molecule has 1 saturated carbocycles. The average Bonchev–Trinajstić information content (AvgIpc) is 2.86. The fourth-order valence-corrected chi connectivity index (χ4v) is 3.73. The third-order valence-electron chi connectivity index (χ3n) is 4.82. The summed E-state index contributed by atoms with van der Waals surface area (Å²) in [6.07, 6.45) is 8.13. The van der Waals surface area contributed by atoms with E-state index in [1.165, 1.54) is 12.8 Å². The lowest BCUT2D eigenvalue weighted by Crippen LogP contribution is -2.39. The van der Waals surface area contributed by atoms with Crippen LogP contribution in [-0.2, 0) is 4.74 Å². The van der Waals surface area contributed by atoms with Crippen molar-refractivity contribution in [3.63, 3.8) is 0 Å². The van der Waals surface area contributed by atoms with Crippen LogP contribution in [0.25, 0.3) is 0 Å². The molecule has 3 heteroatoms. The SMILES string of the molecule is Cc1cccnc1C(O)C1CCOC2(CCCC2)C1. The fraction of sp³-hybridized carbons (Fsp3) is 0.688. The zero-order valence-electron chi connectivity index (χ0n) is 11.6. The van der Waals surface area contributed by atoms with Crippen LogP contribution in [0, 0.1) is 12.8 Å². The molecule has 2 unspecified atom stereocenters.